The van der Waals surface area contributed by atoms with Crippen LogP contribution in [-0.4, -0.2) is 17.2 Å². The van der Waals surface area contributed by atoms with E-state index >= 15 is 0 Å². The number of hydrogen-bond acceptors (Lipinski definition) is 4. The number of nitrogens with zero attached hydrogens (tertiary/aromatic N) is 2. The topological polar surface area (TPSA) is 70.1 Å². The van der Waals surface area contributed by atoms with Crippen molar-refractivity contribution < 1.29 is 4.79 Å². The van der Waals surface area contributed by atoms with Crippen LogP contribution < -0.4 is 5.73 Å². The number of hydrogen-bond donors (Lipinski definition) is 1. The normalized spacial score (nSPS) is 21.6. The summed E-state index contributed by atoms with van der Waals surface area (Å²) in [6.45, 7) is 7.24. The van der Waals surface area contributed by atoms with Crippen molar-refractivity contribution in [1.29, 1.82) is 5.26 Å². The molecule has 0 saturated heterocycles. The molecule has 1 aliphatic carbocycles. The Kier molecular flexibility index (Phi) is 5.93. The van der Waals surface area contributed by atoms with Gasteiger partial charge < -0.3 is 10.6 Å². The zero-order chi connectivity index (χ0) is 20.3. The smallest absolute Gasteiger partial charge is 0.162 e. The van der Waals surface area contributed by atoms with Gasteiger partial charge in [-0.15, -0.1) is 0 Å². The maximum atomic E-state index is 13.3. The first-order valence-electron chi connectivity index (χ1n) is 10.4. The third-order valence-corrected chi connectivity index (χ3v) is 5.85. The highest BCUT2D eigenvalue weighted by Gasteiger charge is 2.43. The number of nitriles is 1. The number of ketones is 1. The van der Waals surface area contributed by atoms with Gasteiger partial charge in [-0.2, -0.15) is 5.26 Å². The van der Waals surface area contributed by atoms with Gasteiger partial charge in [0.15, 0.2) is 5.78 Å². The minimum atomic E-state index is -0.350. The van der Waals surface area contributed by atoms with Crippen LogP contribution in [0.25, 0.3) is 0 Å². The van der Waals surface area contributed by atoms with Crippen LogP contribution in [-0.2, 0) is 4.79 Å². The van der Waals surface area contributed by atoms with Gasteiger partial charge >= 0.3 is 0 Å². The summed E-state index contributed by atoms with van der Waals surface area (Å²) in [5.74, 6) is 0.327. The first-order valence-corrected chi connectivity index (χ1v) is 10.4. The second-order valence-corrected chi connectivity index (χ2v) is 8.77. The van der Waals surface area contributed by atoms with Gasteiger partial charge in [0, 0.05) is 24.2 Å². The molecule has 0 aromatic heterocycles. The fourth-order valence-electron chi connectivity index (χ4n) is 4.51. The Bertz CT molecular complexity index is 842. The zero-order valence-electron chi connectivity index (χ0n) is 17.3. The molecule has 4 nitrogen and oxygen atoms in total. The van der Waals surface area contributed by atoms with Crippen molar-refractivity contribution in [1.82, 2.24) is 4.90 Å². The summed E-state index contributed by atoms with van der Waals surface area (Å²) in [5.41, 5.74) is 9.75. The minimum Gasteiger partial charge on any atom is -0.384 e. The van der Waals surface area contributed by atoms with Gasteiger partial charge in [0.25, 0.3) is 0 Å². The molecule has 3 rings (SSSR count). The number of carbonyl (C=O) groups excluding carboxylic acids is 1. The van der Waals surface area contributed by atoms with Crippen LogP contribution in [0.3, 0.4) is 0 Å². The van der Waals surface area contributed by atoms with Crippen LogP contribution in [0.2, 0.25) is 0 Å². The Hall–Kier alpha value is -2.54. The van der Waals surface area contributed by atoms with Crippen LogP contribution >= 0.6 is 0 Å². The Morgan fingerprint density at radius 2 is 1.89 bits per heavy atom. The van der Waals surface area contributed by atoms with Crippen LogP contribution in [0, 0.1) is 16.7 Å². The molecule has 0 bridgehead atoms. The summed E-state index contributed by atoms with van der Waals surface area (Å²) < 4.78 is 0. The number of benzene rings is 1. The molecule has 0 radical (unpaired) electrons. The molecule has 1 atom stereocenters. The molecule has 2 N–H and O–H groups in total. The Balaban J connectivity index is 2.10. The third-order valence-electron chi connectivity index (χ3n) is 5.85. The van der Waals surface area contributed by atoms with Crippen molar-refractivity contribution in [3.05, 3.63) is 58.6 Å². The third kappa shape index (κ3) is 3.85. The SMILES string of the molecule is CCCCCCN1C(N)=C(C#N)C(c2ccccc2)C2=C1CC(C)(C)CC2=O. The summed E-state index contributed by atoms with van der Waals surface area (Å²) in [6.07, 6.45) is 5.82. The monoisotopic (exact) mass is 377 g/mol. The molecule has 0 saturated carbocycles. The summed E-state index contributed by atoms with van der Waals surface area (Å²) >= 11 is 0. The van der Waals surface area contributed by atoms with Crippen LogP contribution in [0.1, 0.15) is 70.8 Å². The average Bonchev–Trinajstić information content (AvgIpc) is 2.66. The van der Waals surface area contributed by atoms with E-state index in [1.54, 1.807) is 0 Å². The van der Waals surface area contributed by atoms with E-state index in [1.165, 1.54) is 12.8 Å². The summed E-state index contributed by atoms with van der Waals surface area (Å²) in [7, 11) is 0. The van der Waals surface area contributed by atoms with Crippen LogP contribution in [0.5, 0.6) is 0 Å². The van der Waals surface area contributed by atoms with E-state index < -0.39 is 0 Å². The zero-order valence-corrected chi connectivity index (χ0v) is 17.3. The van der Waals surface area contributed by atoms with Gasteiger partial charge in [0.1, 0.15) is 5.82 Å². The number of rotatable bonds is 6. The van der Waals surface area contributed by atoms with Crippen LogP contribution in [0.15, 0.2) is 53.0 Å². The number of Topliss-reactive ketones (excluding diaryl/α,β-unsaturated/α-hetero) is 1. The quantitative estimate of drug-likeness (QED) is 0.708. The molecular weight excluding hydrogens is 346 g/mol. The largest absolute Gasteiger partial charge is 0.384 e. The fraction of sp³-hybridized carbons (Fsp3) is 0.500. The highest BCUT2D eigenvalue weighted by atomic mass is 16.1. The summed E-state index contributed by atoms with van der Waals surface area (Å²) in [6, 6.07) is 12.2. The highest BCUT2D eigenvalue weighted by molar-refractivity contribution is 6.00. The number of allylic oxidation sites excluding steroid dienone is 3. The van der Waals surface area contributed by atoms with Crippen molar-refractivity contribution >= 4 is 5.78 Å². The van der Waals surface area contributed by atoms with Gasteiger partial charge in [-0.1, -0.05) is 70.4 Å². The minimum absolute atomic E-state index is 0.0940. The lowest BCUT2D eigenvalue weighted by Gasteiger charge is -2.44. The predicted molar refractivity (Wildman–Crippen MR) is 112 cm³/mol. The molecule has 148 valence electrons. The van der Waals surface area contributed by atoms with E-state index in [1.807, 2.05) is 30.3 Å². The molecule has 0 spiro atoms. The lowest BCUT2D eigenvalue weighted by atomic mass is 9.68. The molecular formula is C24H31N3O. The van der Waals surface area contributed by atoms with Gasteiger partial charge in [-0.3, -0.25) is 4.79 Å². The maximum absolute atomic E-state index is 13.3. The second kappa shape index (κ2) is 8.22. The molecule has 4 heteroatoms. The first-order chi connectivity index (χ1) is 13.4. The van der Waals surface area contributed by atoms with Crippen molar-refractivity contribution in [2.45, 2.75) is 65.2 Å². The summed E-state index contributed by atoms with van der Waals surface area (Å²) in [5, 5.41) is 9.95. The van der Waals surface area contributed by atoms with Crippen LogP contribution in [0.4, 0.5) is 0 Å². The Morgan fingerprint density at radius 3 is 2.54 bits per heavy atom. The second-order valence-electron chi connectivity index (χ2n) is 8.77. The number of carbonyl (C=O) groups is 1. The number of unbranched alkanes of at least 4 members (excludes halogenated alkanes) is 3. The van der Waals surface area contributed by atoms with Gasteiger partial charge in [0.05, 0.1) is 17.6 Å². The van der Waals surface area contributed by atoms with E-state index in [2.05, 4.69) is 31.7 Å². The van der Waals surface area contributed by atoms with Gasteiger partial charge in [-0.05, 0) is 23.8 Å². The lowest BCUT2D eigenvalue weighted by Crippen LogP contribution is -2.42. The standard InChI is InChI=1S/C24H31N3O/c1-4-5-6-10-13-27-19-14-24(2,3)15-20(28)22(19)21(18(16-25)23(27)26)17-11-8-7-9-12-17/h7-9,11-12,21H,4-6,10,13-15,26H2,1-3H3. The molecule has 2 aliphatic rings. The van der Waals surface area contributed by atoms with E-state index in [4.69, 9.17) is 5.73 Å². The van der Waals surface area contributed by atoms with E-state index in [0.717, 1.165) is 42.6 Å². The first kappa shape index (κ1) is 20.2. The molecule has 1 aromatic carbocycles. The molecule has 28 heavy (non-hydrogen) atoms. The summed E-state index contributed by atoms with van der Waals surface area (Å²) in [4.78, 5) is 15.3. The Labute approximate surface area is 168 Å². The van der Waals surface area contributed by atoms with Crippen molar-refractivity contribution in [2.75, 3.05) is 6.54 Å². The maximum Gasteiger partial charge on any atom is 0.162 e. The molecule has 1 heterocycles. The Morgan fingerprint density at radius 1 is 1.18 bits per heavy atom. The predicted octanol–water partition coefficient (Wildman–Crippen LogP) is 5.00. The van der Waals surface area contributed by atoms with Gasteiger partial charge in [0.2, 0.25) is 0 Å². The lowest BCUT2D eigenvalue weighted by molar-refractivity contribution is -0.118. The van der Waals surface area contributed by atoms with Crippen molar-refractivity contribution in [2.24, 2.45) is 11.1 Å². The van der Waals surface area contributed by atoms with Crippen molar-refractivity contribution in [3.8, 4) is 6.07 Å². The molecule has 0 fully saturated rings. The van der Waals surface area contributed by atoms with Gasteiger partial charge in [-0.25, -0.2) is 0 Å². The fourth-order valence-corrected chi connectivity index (χ4v) is 4.51. The van der Waals surface area contributed by atoms with Crippen molar-refractivity contribution in [3.63, 3.8) is 0 Å². The highest BCUT2D eigenvalue weighted by Crippen LogP contribution is 2.48. The average molecular weight is 378 g/mol. The molecule has 1 unspecified atom stereocenters. The van der Waals surface area contributed by atoms with E-state index in [-0.39, 0.29) is 17.1 Å². The molecule has 0 amide bonds. The van der Waals surface area contributed by atoms with E-state index in [0.29, 0.717) is 17.8 Å². The molecule has 1 aliphatic heterocycles. The molecule has 1 aromatic rings. The number of nitrogens with two attached hydrogens (primary N) is 1. The van der Waals surface area contributed by atoms with E-state index in [9.17, 15) is 10.1 Å².